The maximum Gasteiger partial charge on any atom is 0.165 e. The van der Waals surface area contributed by atoms with Crippen molar-refractivity contribution < 1.29 is 19.1 Å². The molecule has 2 aromatic rings. The summed E-state index contributed by atoms with van der Waals surface area (Å²) in [6.07, 6.45) is 3.07. The molecule has 1 N–H and O–H groups in total. The van der Waals surface area contributed by atoms with Gasteiger partial charge in [-0.05, 0) is 19.8 Å². The molecule has 0 unspecified atom stereocenters. The number of unbranched alkanes of at least 4 members (excludes halogenated alkanes) is 1. The van der Waals surface area contributed by atoms with Crippen LogP contribution in [0.5, 0.6) is 0 Å². The number of benzene rings is 2. The molecular weight excluding hydrogens is 383 g/mol. The molecule has 0 bridgehead atoms. The molecule has 0 radical (unpaired) electrons. The van der Waals surface area contributed by atoms with Crippen LogP contribution < -0.4 is 10.6 Å². The highest BCUT2D eigenvalue weighted by atomic mass is 31.2. The minimum atomic E-state index is -3.08. The first-order valence-electron chi connectivity index (χ1n) is 10.7. The van der Waals surface area contributed by atoms with Crippen molar-refractivity contribution in [2.45, 2.75) is 63.5 Å². The maximum atomic E-state index is 14.8. The standard InChI is InChI=1S/C24H33O4P/c1-3-4-15-22(25)23(16-17-24(2)27-18-19-28-24)29(26,20-11-7-5-8-12-20)21-13-9-6-10-14-21/h5-14,22-23,25H,3-4,15-19H2,1-2H3/t22-,23+/m1/s1. The zero-order chi connectivity index (χ0) is 20.7. The van der Waals surface area contributed by atoms with Crippen molar-refractivity contribution in [3.8, 4) is 0 Å². The first-order chi connectivity index (χ1) is 14.0. The first-order valence-corrected chi connectivity index (χ1v) is 12.4. The molecule has 29 heavy (non-hydrogen) atoms. The molecule has 1 aliphatic heterocycles. The zero-order valence-corrected chi connectivity index (χ0v) is 18.4. The second-order valence-corrected chi connectivity index (χ2v) is 11.0. The van der Waals surface area contributed by atoms with Crippen LogP contribution >= 0.6 is 7.14 Å². The van der Waals surface area contributed by atoms with Crippen LogP contribution in [-0.4, -0.2) is 35.9 Å². The molecular formula is C24H33O4P. The Morgan fingerprint density at radius 3 is 1.97 bits per heavy atom. The van der Waals surface area contributed by atoms with E-state index in [1.807, 2.05) is 67.6 Å². The van der Waals surface area contributed by atoms with E-state index in [9.17, 15) is 9.67 Å². The molecule has 1 aliphatic rings. The minimum absolute atomic E-state index is 0.386. The third-order valence-corrected chi connectivity index (χ3v) is 9.50. The van der Waals surface area contributed by atoms with E-state index in [1.54, 1.807) is 0 Å². The molecule has 1 fully saturated rings. The van der Waals surface area contributed by atoms with Gasteiger partial charge in [-0.15, -0.1) is 0 Å². The molecule has 0 aliphatic carbocycles. The summed E-state index contributed by atoms with van der Waals surface area (Å²) in [5.74, 6) is -0.666. The van der Waals surface area contributed by atoms with E-state index in [2.05, 4.69) is 6.92 Å². The van der Waals surface area contributed by atoms with E-state index in [0.717, 1.165) is 23.5 Å². The molecule has 4 nitrogen and oxygen atoms in total. The molecule has 0 saturated carbocycles. The lowest BCUT2D eigenvalue weighted by molar-refractivity contribution is -0.148. The lowest BCUT2D eigenvalue weighted by Crippen LogP contribution is -2.37. The molecule has 2 atom stereocenters. The smallest absolute Gasteiger partial charge is 0.165 e. The molecule has 0 spiro atoms. The summed E-state index contributed by atoms with van der Waals surface area (Å²) in [6.45, 7) is 5.20. The molecule has 5 heteroatoms. The lowest BCUT2D eigenvalue weighted by Gasteiger charge is -2.34. The Labute approximate surface area is 174 Å². The number of hydrogen-bond acceptors (Lipinski definition) is 4. The van der Waals surface area contributed by atoms with Crippen LogP contribution in [0.25, 0.3) is 0 Å². The molecule has 1 heterocycles. The van der Waals surface area contributed by atoms with Gasteiger partial charge in [0, 0.05) is 22.7 Å². The Balaban J connectivity index is 2.00. The molecule has 3 rings (SSSR count). The Kier molecular flexibility index (Phi) is 7.70. The second-order valence-electron chi connectivity index (χ2n) is 7.98. The predicted molar refractivity (Wildman–Crippen MR) is 119 cm³/mol. The lowest BCUT2D eigenvalue weighted by atomic mass is 10.0. The fourth-order valence-electron chi connectivity index (χ4n) is 4.16. The number of ether oxygens (including phenoxy) is 2. The van der Waals surface area contributed by atoms with E-state index < -0.39 is 19.0 Å². The highest BCUT2D eigenvalue weighted by molar-refractivity contribution is 7.79. The third-order valence-electron chi connectivity index (χ3n) is 5.84. The highest BCUT2D eigenvalue weighted by Crippen LogP contribution is 2.53. The molecule has 158 valence electrons. The van der Waals surface area contributed by atoms with E-state index in [-0.39, 0.29) is 5.66 Å². The maximum absolute atomic E-state index is 14.8. The largest absolute Gasteiger partial charge is 0.392 e. The molecule has 0 amide bonds. The first kappa shape index (κ1) is 22.2. The summed E-state index contributed by atoms with van der Waals surface area (Å²) in [5, 5.41) is 12.8. The highest BCUT2D eigenvalue weighted by Gasteiger charge is 2.42. The van der Waals surface area contributed by atoms with Crippen LogP contribution in [0.1, 0.15) is 46.0 Å². The van der Waals surface area contributed by atoms with Crippen molar-refractivity contribution >= 4 is 17.8 Å². The van der Waals surface area contributed by atoms with Crippen molar-refractivity contribution in [3.63, 3.8) is 0 Å². The van der Waals surface area contributed by atoms with Gasteiger partial charge in [0.2, 0.25) is 0 Å². The van der Waals surface area contributed by atoms with Crippen LogP contribution in [0.3, 0.4) is 0 Å². The summed E-state index contributed by atoms with van der Waals surface area (Å²) >= 11 is 0. The Bertz CT molecular complexity index is 744. The topological polar surface area (TPSA) is 55.8 Å². The third kappa shape index (κ3) is 5.19. The Morgan fingerprint density at radius 1 is 0.966 bits per heavy atom. The van der Waals surface area contributed by atoms with Crippen LogP contribution in [0, 0.1) is 0 Å². The second kappa shape index (κ2) is 10.0. The molecule has 2 aromatic carbocycles. The van der Waals surface area contributed by atoms with Crippen molar-refractivity contribution in [1.82, 2.24) is 0 Å². The van der Waals surface area contributed by atoms with Crippen molar-refractivity contribution in [3.05, 3.63) is 60.7 Å². The van der Waals surface area contributed by atoms with E-state index in [1.165, 1.54) is 0 Å². The van der Waals surface area contributed by atoms with Gasteiger partial charge in [-0.1, -0.05) is 80.4 Å². The summed E-state index contributed by atoms with van der Waals surface area (Å²) in [5.41, 5.74) is -0.386. The number of aliphatic hydroxyl groups is 1. The van der Waals surface area contributed by atoms with Gasteiger partial charge in [-0.25, -0.2) is 0 Å². The number of rotatable bonds is 10. The van der Waals surface area contributed by atoms with Gasteiger partial charge in [0.25, 0.3) is 0 Å². The van der Waals surface area contributed by atoms with Gasteiger partial charge >= 0.3 is 0 Å². The Hall–Kier alpha value is -1.45. The summed E-state index contributed by atoms with van der Waals surface area (Å²) in [4.78, 5) is 0. The van der Waals surface area contributed by atoms with Gasteiger partial charge in [0.05, 0.1) is 19.3 Å². The fraction of sp³-hybridized carbons (Fsp3) is 0.500. The fourth-order valence-corrected chi connectivity index (χ4v) is 7.58. The van der Waals surface area contributed by atoms with Gasteiger partial charge in [-0.2, -0.15) is 0 Å². The van der Waals surface area contributed by atoms with E-state index in [4.69, 9.17) is 9.47 Å². The van der Waals surface area contributed by atoms with Crippen LogP contribution in [0.4, 0.5) is 0 Å². The van der Waals surface area contributed by atoms with Crippen molar-refractivity contribution in [1.29, 1.82) is 0 Å². The molecule has 1 saturated heterocycles. The number of aliphatic hydroxyl groups excluding tert-OH is 1. The average molecular weight is 416 g/mol. The van der Waals surface area contributed by atoms with Gasteiger partial charge in [-0.3, -0.25) is 0 Å². The van der Waals surface area contributed by atoms with Gasteiger partial charge in [0.15, 0.2) is 5.79 Å². The quantitative estimate of drug-likeness (QED) is 0.581. The SMILES string of the molecule is CCCC[C@@H](O)[C@H](CCC1(C)OCCO1)P(=O)(c1ccccc1)c1ccccc1. The average Bonchev–Trinajstić information content (AvgIpc) is 3.20. The summed E-state index contributed by atoms with van der Waals surface area (Å²) in [6, 6.07) is 19.3. The normalized spacial score (nSPS) is 18.4. The van der Waals surface area contributed by atoms with Crippen LogP contribution in [0.15, 0.2) is 60.7 Å². The summed E-state index contributed by atoms with van der Waals surface area (Å²) in [7, 11) is -3.08. The minimum Gasteiger partial charge on any atom is -0.392 e. The van der Waals surface area contributed by atoms with E-state index >= 15 is 0 Å². The Morgan fingerprint density at radius 2 is 1.48 bits per heavy atom. The number of hydrogen-bond donors (Lipinski definition) is 1. The van der Waals surface area contributed by atoms with Gasteiger partial charge < -0.3 is 19.1 Å². The monoisotopic (exact) mass is 416 g/mol. The van der Waals surface area contributed by atoms with Crippen molar-refractivity contribution in [2.75, 3.05) is 13.2 Å². The predicted octanol–water partition coefficient (Wildman–Crippen LogP) is 4.46. The van der Waals surface area contributed by atoms with Crippen LogP contribution in [0.2, 0.25) is 0 Å². The molecule has 0 aromatic heterocycles. The van der Waals surface area contributed by atoms with E-state index in [0.29, 0.717) is 32.5 Å². The zero-order valence-electron chi connectivity index (χ0n) is 17.5. The van der Waals surface area contributed by atoms with Gasteiger partial charge in [0.1, 0.15) is 7.14 Å². The summed E-state index contributed by atoms with van der Waals surface area (Å²) < 4.78 is 26.4. The van der Waals surface area contributed by atoms with Crippen LogP contribution in [-0.2, 0) is 14.0 Å². The van der Waals surface area contributed by atoms with Crippen molar-refractivity contribution in [2.24, 2.45) is 0 Å².